The second kappa shape index (κ2) is 11.8. The highest BCUT2D eigenvalue weighted by Gasteiger charge is 2.08. The van der Waals surface area contributed by atoms with Crippen LogP contribution in [0.25, 0.3) is 17.1 Å². The predicted octanol–water partition coefficient (Wildman–Crippen LogP) is 3.66. The van der Waals surface area contributed by atoms with Gasteiger partial charge in [0.15, 0.2) is 0 Å². The van der Waals surface area contributed by atoms with Crippen LogP contribution < -0.4 is 5.48 Å². The second-order valence-corrected chi connectivity index (χ2v) is 6.71. The van der Waals surface area contributed by atoms with Crippen LogP contribution in [0, 0.1) is 0 Å². The number of carbonyl (C=O) groups excluding carboxylic acids is 1. The third-order valence-corrected chi connectivity index (χ3v) is 4.53. The number of amides is 1. The van der Waals surface area contributed by atoms with Gasteiger partial charge in [0, 0.05) is 26.2 Å². The lowest BCUT2D eigenvalue weighted by Gasteiger charge is -2.03. The first-order valence-electron chi connectivity index (χ1n) is 9.81. The molecule has 6 nitrogen and oxygen atoms in total. The SMILES string of the molecule is CCCCO.Cn1c(CCc2ccccc2)nc2cc(/C=C/C(=O)NO)ccc21. The normalized spacial score (nSPS) is 10.8. The van der Waals surface area contributed by atoms with Gasteiger partial charge in [-0.2, -0.15) is 0 Å². The average molecular weight is 396 g/mol. The zero-order chi connectivity index (χ0) is 21.1. The van der Waals surface area contributed by atoms with Crippen molar-refractivity contribution in [3.63, 3.8) is 0 Å². The first-order chi connectivity index (χ1) is 14.1. The van der Waals surface area contributed by atoms with Crippen molar-refractivity contribution in [3.8, 4) is 0 Å². The van der Waals surface area contributed by atoms with Crippen LogP contribution in [0.1, 0.15) is 36.7 Å². The van der Waals surface area contributed by atoms with Crippen molar-refractivity contribution in [3.05, 3.63) is 71.6 Å². The minimum atomic E-state index is -0.556. The maximum absolute atomic E-state index is 11.1. The maximum atomic E-state index is 11.1. The van der Waals surface area contributed by atoms with E-state index in [1.54, 1.807) is 11.6 Å². The predicted molar refractivity (Wildman–Crippen MR) is 116 cm³/mol. The molecule has 0 fully saturated rings. The van der Waals surface area contributed by atoms with E-state index in [4.69, 9.17) is 15.3 Å². The molecule has 2 aromatic carbocycles. The van der Waals surface area contributed by atoms with Gasteiger partial charge in [-0.3, -0.25) is 10.0 Å². The van der Waals surface area contributed by atoms with Crippen molar-refractivity contribution >= 4 is 23.0 Å². The summed E-state index contributed by atoms with van der Waals surface area (Å²) in [4.78, 5) is 15.8. The number of unbranched alkanes of at least 4 members (excludes halogenated alkanes) is 1. The van der Waals surface area contributed by atoms with E-state index >= 15 is 0 Å². The Kier molecular flexibility index (Phi) is 9.08. The van der Waals surface area contributed by atoms with Crippen molar-refractivity contribution in [2.45, 2.75) is 32.6 Å². The van der Waals surface area contributed by atoms with Gasteiger partial charge < -0.3 is 9.67 Å². The number of aromatic nitrogens is 2. The van der Waals surface area contributed by atoms with Crippen LogP contribution in [-0.4, -0.2) is 32.4 Å². The van der Waals surface area contributed by atoms with E-state index in [2.05, 4.69) is 23.6 Å². The molecule has 0 aliphatic carbocycles. The summed E-state index contributed by atoms with van der Waals surface area (Å²) in [5.41, 5.74) is 5.68. The molecule has 0 saturated heterocycles. The summed E-state index contributed by atoms with van der Waals surface area (Å²) in [6, 6.07) is 16.2. The van der Waals surface area contributed by atoms with E-state index in [1.807, 2.05) is 43.4 Å². The topological polar surface area (TPSA) is 87.4 Å². The summed E-state index contributed by atoms with van der Waals surface area (Å²) in [5, 5.41) is 16.6. The molecular weight excluding hydrogens is 366 g/mol. The number of aliphatic hydroxyl groups excluding tert-OH is 1. The van der Waals surface area contributed by atoms with Crippen molar-refractivity contribution in [1.29, 1.82) is 0 Å². The number of hydrogen-bond donors (Lipinski definition) is 3. The van der Waals surface area contributed by atoms with Gasteiger partial charge in [0.2, 0.25) is 0 Å². The Bertz CT molecular complexity index is 931. The van der Waals surface area contributed by atoms with E-state index < -0.39 is 5.91 Å². The molecule has 1 heterocycles. The number of hydroxylamine groups is 1. The van der Waals surface area contributed by atoms with Gasteiger partial charge in [0.1, 0.15) is 5.82 Å². The van der Waals surface area contributed by atoms with E-state index in [0.717, 1.165) is 48.1 Å². The van der Waals surface area contributed by atoms with Crippen molar-refractivity contribution in [2.75, 3.05) is 6.61 Å². The van der Waals surface area contributed by atoms with Gasteiger partial charge in [-0.15, -0.1) is 0 Å². The molecule has 0 bridgehead atoms. The molecular formula is C23H29N3O3. The van der Waals surface area contributed by atoms with Gasteiger partial charge in [-0.25, -0.2) is 10.5 Å². The first-order valence-corrected chi connectivity index (χ1v) is 9.81. The Morgan fingerprint density at radius 2 is 1.93 bits per heavy atom. The molecule has 154 valence electrons. The zero-order valence-corrected chi connectivity index (χ0v) is 17.0. The third-order valence-electron chi connectivity index (χ3n) is 4.53. The number of fused-ring (bicyclic) bond motifs is 1. The Morgan fingerprint density at radius 1 is 1.17 bits per heavy atom. The molecule has 6 heteroatoms. The Hall–Kier alpha value is -2.96. The number of benzene rings is 2. The van der Waals surface area contributed by atoms with Crippen molar-refractivity contribution in [1.82, 2.24) is 15.0 Å². The van der Waals surface area contributed by atoms with E-state index in [1.165, 1.54) is 11.6 Å². The summed E-state index contributed by atoms with van der Waals surface area (Å²) in [6.45, 7) is 2.40. The molecule has 1 amide bonds. The maximum Gasteiger partial charge on any atom is 0.267 e. The number of aliphatic hydroxyl groups is 1. The standard InChI is InChI=1S/C19H19N3O2.C4H10O/c1-22-17-10-7-15(9-12-19(23)21-24)13-16(17)20-18(22)11-8-14-5-3-2-4-6-14;1-2-3-4-5/h2-7,9-10,12-13,24H,8,11H2,1H3,(H,21,23);5H,2-4H2,1H3/b12-9+;. The van der Waals surface area contributed by atoms with Gasteiger partial charge in [-0.1, -0.05) is 49.7 Å². The van der Waals surface area contributed by atoms with E-state index in [-0.39, 0.29) is 0 Å². The smallest absolute Gasteiger partial charge is 0.267 e. The largest absolute Gasteiger partial charge is 0.396 e. The number of carbonyl (C=O) groups is 1. The van der Waals surface area contributed by atoms with Gasteiger partial charge >= 0.3 is 0 Å². The summed E-state index contributed by atoms with van der Waals surface area (Å²) in [7, 11) is 2.02. The fourth-order valence-electron chi connectivity index (χ4n) is 2.86. The molecule has 3 N–H and O–H groups in total. The monoisotopic (exact) mass is 395 g/mol. The molecule has 0 unspecified atom stereocenters. The molecule has 1 aromatic heterocycles. The van der Waals surface area contributed by atoms with Crippen LogP contribution in [0.3, 0.4) is 0 Å². The first kappa shape index (κ1) is 22.3. The van der Waals surface area contributed by atoms with Crippen LogP contribution in [-0.2, 0) is 24.7 Å². The molecule has 0 radical (unpaired) electrons. The molecule has 3 aromatic rings. The Balaban J connectivity index is 0.000000537. The highest BCUT2D eigenvalue weighted by Crippen LogP contribution is 2.19. The molecule has 0 saturated carbocycles. The molecule has 3 rings (SSSR count). The van der Waals surface area contributed by atoms with E-state index in [9.17, 15) is 4.79 Å². The Labute approximate surface area is 171 Å². The fraction of sp³-hybridized carbons (Fsp3) is 0.304. The highest BCUT2D eigenvalue weighted by atomic mass is 16.5. The lowest BCUT2D eigenvalue weighted by Crippen LogP contribution is -2.14. The van der Waals surface area contributed by atoms with Crippen LogP contribution in [0.15, 0.2) is 54.6 Å². The fourth-order valence-corrected chi connectivity index (χ4v) is 2.86. The minimum Gasteiger partial charge on any atom is -0.396 e. The molecule has 0 aliphatic heterocycles. The van der Waals surface area contributed by atoms with Crippen LogP contribution >= 0.6 is 0 Å². The molecule has 29 heavy (non-hydrogen) atoms. The average Bonchev–Trinajstić information content (AvgIpc) is 3.07. The number of imidazole rings is 1. The lowest BCUT2D eigenvalue weighted by molar-refractivity contribution is -0.124. The molecule has 0 atom stereocenters. The molecule has 0 spiro atoms. The zero-order valence-electron chi connectivity index (χ0n) is 17.0. The van der Waals surface area contributed by atoms with Crippen molar-refractivity contribution < 1.29 is 15.1 Å². The number of nitrogens with zero attached hydrogens (tertiary/aromatic N) is 2. The highest BCUT2D eigenvalue weighted by molar-refractivity contribution is 5.91. The number of aryl methyl sites for hydroxylation is 3. The van der Waals surface area contributed by atoms with Crippen LogP contribution in [0.4, 0.5) is 0 Å². The number of rotatable bonds is 7. The van der Waals surface area contributed by atoms with Gasteiger partial charge in [-0.05, 0) is 42.2 Å². The summed E-state index contributed by atoms with van der Waals surface area (Å²) >= 11 is 0. The summed E-state index contributed by atoms with van der Waals surface area (Å²) in [6.07, 6.45) is 6.77. The minimum absolute atomic E-state index is 0.344. The summed E-state index contributed by atoms with van der Waals surface area (Å²) < 4.78 is 2.10. The number of nitrogens with one attached hydrogen (secondary N) is 1. The number of hydrogen-bond acceptors (Lipinski definition) is 4. The quantitative estimate of drug-likeness (QED) is 0.324. The van der Waals surface area contributed by atoms with Gasteiger partial charge in [0.05, 0.1) is 11.0 Å². The van der Waals surface area contributed by atoms with Gasteiger partial charge in [0.25, 0.3) is 5.91 Å². The van der Waals surface area contributed by atoms with Crippen LogP contribution in [0.2, 0.25) is 0 Å². The third kappa shape index (κ3) is 6.85. The lowest BCUT2D eigenvalue weighted by atomic mass is 10.1. The van der Waals surface area contributed by atoms with Crippen molar-refractivity contribution in [2.24, 2.45) is 7.05 Å². The van der Waals surface area contributed by atoms with E-state index in [0.29, 0.717) is 6.61 Å². The molecule has 0 aliphatic rings. The second-order valence-electron chi connectivity index (χ2n) is 6.71. The Morgan fingerprint density at radius 3 is 2.55 bits per heavy atom. The van der Waals surface area contributed by atoms with Crippen LogP contribution in [0.5, 0.6) is 0 Å². The summed E-state index contributed by atoms with van der Waals surface area (Å²) in [5.74, 6) is 0.475.